The highest BCUT2D eigenvalue weighted by Gasteiger charge is 2.20. The molecule has 1 aliphatic carbocycles. The minimum atomic E-state index is 0.278. The van der Waals surface area contributed by atoms with Crippen molar-refractivity contribution in [3.8, 4) is 0 Å². The zero-order chi connectivity index (χ0) is 17.5. The van der Waals surface area contributed by atoms with E-state index in [2.05, 4.69) is 39.9 Å². The maximum Gasteiger partial charge on any atom is 0.222 e. The molecule has 0 spiro atoms. The van der Waals surface area contributed by atoms with Crippen LogP contribution >= 0.6 is 0 Å². The van der Waals surface area contributed by atoms with Crippen LogP contribution in [0.5, 0.6) is 0 Å². The van der Waals surface area contributed by atoms with Gasteiger partial charge >= 0.3 is 0 Å². The van der Waals surface area contributed by atoms with Crippen molar-refractivity contribution in [2.75, 3.05) is 13.6 Å². The largest absolute Gasteiger partial charge is 0.354 e. The van der Waals surface area contributed by atoms with Crippen molar-refractivity contribution in [2.45, 2.75) is 64.1 Å². The van der Waals surface area contributed by atoms with Crippen molar-refractivity contribution >= 4 is 11.9 Å². The van der Waals surface area contributed by atoms with E-state index in [1.807, 2.05) is 11.9 Å². The van der Waals surface area contributed by atoms with E-state index < -0.39 is 0 Å². The van der Waals surface area contributed by atoms with Crippen LogP contribution in [-0.2, 0) is 17.9 Å². The molecule has 25 heavy (non-hydrogen) atoms. The number of hydrogen-bond donors (Lipinski definition) is 2. The van der Waals surface area contributed by atoms with Gasteiger partial charge in [0.05, 0.1) is 0 Å². The van der Waals surface area contributed by atoms with Crippen LogP contribution in [0.4, 0.5) is 0 Å². The molecule has 5 nitrogen and oxygen atoms in total. The fourth-order valence-corrected chi connectivity index (χ4v) is 3.75. The highest BCUT2D eigenvalue weighted by Crippen LogP contribution is 2.17. The van der Waals surface area contributed by atoms with Crippen LogP contribution in [0.2, 0.25) is 0 Å². The topological polar surface area (TPSA) is 56.7 Å². The Labute approximate surface area is 150 Å². The summed E-state index contributed by atoms with van der Waals surface area (Å²) in [7, 11) is 1.83. The van der Waals surface area contributed by atoms with E-state index in [9.17, 15) is 4.79 Å². The summed E-state index contributed by atoms with van der Waals surface area (Å²) in [5, 5.41) is 6.96. The summed E-state index contributed by atoms with van der Waals surface area (Å²) in [6, 6.07) is 9.03. The van der Waals surface area contributed by atoms with E-state index in [0.29, 0.717) is 12.5 Å². The van der Waals surface area contributed by atoms with Gasteiger partial charge in [0, 0.05) is 39.1 Å². The number of amides is 1. The lowest BCUT2D eigenvalue weighted by molar-refractivity contribution is -0.128. The molecule has 1 aliphatic heterocycles. The van der Waals surface area contributed by atoms with Crippen LogP contribution in [0.15, 0.2) is 29.3 Å². The molecular formula is C20H30N4O. The lowest BCUT2D eigenvalue weighted by Crippen LogP contribution is -2.43. The summed E-state index contributed by atoms with van der Waals surface area (Å²) in [4.78, 5) is 18.1. The lowest BCUT2D eigenvalue weighted by atomic mass is 9.96. The van der Waals surface area contributed by atoms with Crippen molar-refractivity contribution in [3.63, 3.8) is 0 Å². The Kier molecular flexibility index (Phi) is 6.31. The zero-order valence-electron chi connectivity index (χ0n) is 15.3. The molecule has 2 aliphatic rings. The molecule has 2 N–H and O–H groups in total. The highest BCUT2D eigenvalue weighted by atomic mass is 16.2. The molecule has 0 atom stereocenters. The molecule has 0 aromatic heterocycles. The standard InChI is InChI=1S/C20H30N4O/c1-21-20(23-18-9-3-2-4-10-18)22-14-16-7-5-8-17(13-16)15-24-12-6-11-19(24)25/h5,7-8,13,18H,2-4,6,9-12,14-15H2,1H3,(H2,21,22,23). The summed E-state index contributed by atoms with van der Waals surface area (Å²) in [6.07, 6.45) is 8.14. The molecule has 1 aromatic carbocycles. The Balaban J connectivity index is 1.51. The first-order chi connectivity index (χ1) is 12.2. The maximum atomic E-state index is 11.8. The fourth-order valence-electron chi connectivity index (χ4n) is 3.75. The monoisotopic (exact) mass is 342 g/mol. The van der Waals surface area contributed by atoms with Crippen molar-refractivity contribution in [2.24, 2.45) is 4.99 Å². The Hall–Kier alpha value is -2.04. The minimum Gasteiger partial charge on any atom is -0.354 e. The van der Waals surface area contributed by atoms with E-state index in [1.54, 1.807) is 0 Å². The van der Waals surface area contributed by atoms with Crippen molar-refractivity contribution in [1.82, 2.24) is 15.5 Å². The number of benzene rings is 1. The van der Waals surface area contributed by atoms with Gasteiger partial charge in [-0.2, -0.15) is 0 Å². The quantitative estimate of drug-likeness (QED) is 0.639. The van der Waals surface area contributed by atoms with E-state index in [1.165, 1.54) is 43.2 Å². The number of guanidine groups is 1. The minimum absolute atomic E-state index is 0.278. The van der Waals surface area contributed by atoms with E-state index in [-0.39, 0.29) is 5.91 Å². The molecular weight excluding hydrogens is 312 g/mol. The number of carbonyl (C=O) groups is 1. The van der Waals surface area contributed by atoms with Gasteiger partial charge in [-0.05, 0) is 30.4 Å². The second-order valence-corrected chi connectivity index (χ2v) is 7.14. The number of nitrogens with one attached hydrogen (secondary N) is 2. The lowest BCUT2D eigenvalue weighted by Gasteiger charge is -2.25. The molecule has 0 bridgehead atoms. The highest BCUT2D eigenvalue weighted by molar-refractivity contribution is 5.80. The van der Waals surface area contributed by atoms with Crippen LogP contribution < -0.4 is 10.6 Å². The van der Waals surface area contributed by atoms with Gasteiger partial charge < -0.3 is 15.5 Å². The first-order valence-corrected chi connectivity index (χ1v) is 9.57. The number of aliphatic imine (C=N–C) groups is 1. The van der Waals surface area contributed by atoms with Crippen molar-refractivity contribution < 1.29 is 4.79 Å². The van der Waals surface area contributed by atoms with Gasteiger partial charge in [0.2, 0.25) is 5.91 Å². The molecule has 1 saturated heterocycles. The summed E-state index contributed by atoms with van der Waals surface area (Å²) in [5.74, 6) is 1.16. The van der Waals surface area contributed by atoms with E-state index >= 15 is 0 Å². The van der Waals surface area contributed by atoms with Gasteiger partial charge in [-0.15, -0.1) is 0 Å². The SMILES string of the molecule is CN=C(NCc1cccc(CN2CCCC2=O)c1)NC1CCCCC1. The predicted octanol–water partition coefficient (Wildman–Crippen LogP) is 2.81. The molecule has 1 heterocycles. The number of rotatable bonds is 5. The normalized spacial score (nSPS) is 19.3. The third-order valence-electron chi connectivity index (χ3n) is 5.17. The van der Waals surface area contributed by atoms with E-state index in [4.69, 9.17) is 0 Å². The van der Waals surface area contributed by atoms with E-state index in [0.717, 1.165) is 32.0 Å². The van der Waals surface area contributed by atoms with Crippen molar-refractivity contribution in [3.05, 3.63) is 35.4 Å². The summed E-state index contributed by atoms with van der Waals surface area (Å²) in [6.45, 7) is 2.36. The first kappa shape index (κ1) is 17.8. The second-order valence-electron chi connectivity index (χ2n) is 7.14. The average molecular weight is 342 g/mol. The van der Waals surface area contributed by atoms with Crippen LogP contribution in [0.1, 0.15) is 56.1 Å². The number of likely N-dealkylation sites (tertiary alicyclic amines) is 1. The Morgan fingerprint density at radius 1 is 1.20 bits per heavy atom. The third kappa shape index (κ3) is 5.21. The smallest absolute Gasteiger partial charge is 0.222 e. The summed E-state index contributed by atoms with van der Waals surface area (Å²) in [5.41, 5.74) is 2.42. The molecule has 1 saturated carbocycles. The number of hydrogen-bond acceptors (Lipinski definition) is 2. The summed E-state index contributed by atoms with van der Waals surface area (Å²) >= 11 is 0. The van der Waals surface area contributed by atoms with Crippen LogP contribution in [0, 0.1) is 0 Å². The molecule has 1 aromatic rings. The Bertz CT molecular complexity index is 607. The fraction of sp³-hybridized carbons (Fsp3) is 0.600. The molecule has 2 fully saturated rings. The summed E-state index contributed by atoms with van der Waals surface area (Å²) < 4.78 is 0. The van der Waals surface area contributed by atoms with Gasteiger partial charge in [0.25, 0.3) is 0 Å². The number of carbonyl (C=O) groups excluding carboxylic acids is 1. The van der Waals surface area contributed by atoms with Crippen LogP contribution in [-0.4, -0.2) is 36.4 Å². The second kappa shape index (κ2) is 8.88. The van der Waals surface area contributed by atoms with Crippen molar-refractivity contribution in [1.29, 1.82) is 0 Å². The molecule has 0 unspecified atom stereocenters. The first-order valence-electron chi connectivity index (χ1n) is 9.57. The molecule has 1 amide bonds. The Morgan fingerprint density at radius 3 is 2.72 bits per heavy atom. The predicted molar refractivity (Wildman–Crippen MR) is 101 cm³/mol. The maximum absolute atomic E-state index is 11.8. The van der Waals surface area contributed by atoms with Gasteiger partial charge in [-0.3, -0.25) is 9.79 Å². The number of nitrogens with zero attached hydrogens (tertiary/aromatic N) is 2. The van der Waals surface area contributed by atoms with Gasteiger partial charge in [0.1, 0.15) is 0 Å². The van der Waals surface area contributed by atoms with Gasteiger partial charge in [0.15, 0.2) is 5.96 Å². The zero-order valence-corrected chi connectivity index (χ0v) is 15.3. The molecule has 136 valence electrons. The van der Waals surface area contributed by atoms with Crippen LogP contribution in [0.25, 0.3) is 0 Å². The van der Waals surface area contributed by atoms with Crippen LogP contribution in [0.3, 0.4) is 0 Å². The Morgan fingerprint density at radius 2 is 2.00 bits per heavy atom. The molecule has 3 rings (SSSR count). The van der Waals surface area contributed by atoms with Gasteiger partial charge in [-0.1, -0.05) is 43.5 Å². The third-order valence-corrected chi connectivity index (χ3v) is 5.17. The average Bonchev–Trinajstić information content (AvgIpc) is 3.04. The van der Waals surface area contributed by atoms with Gasteiger partial charge in [-0.25, -0.2) is 0 Å². The molecule has 0 radical (unpaired) electrons. The molecule has 5 heteroatoms.